The Morgan fingerprint density at radius 2 is 2.06 bits per heavy atom. The number of nitrogens with zero attached hydrogens (tertiary/aromatic N) is 1. The summed E-state index contributed by atoms with van der Waals surface area (Å²) in [5, 5.41) is 19.1. The summed E-state index contributed by atoms with van der Waals surface area (Å²) in [4.78, 5) is 11.2. The second kappa shape index (κ2) is 3.42. The number of phenols is 1. The first-order valence-electron chi connectivity index (χ1n) is 4.65. The van der Waals surface area contributed by atoms with Gasteiger partial charge >= 0.3 is 5.97 Å². The van der Waals surface area contributed by atoms with E-state index in [4.69, 9.17) is 16.7 Å². The van der Waals surface area contributed by atoms with Gasteiger partial charge in [-0.2, -0.15) is 0 Å². The first-order chi connectivity index (χ1) is 7.45. The number of benzene rings is 1. The molecule has 0 spiro atoms. The van der Waals surface area contributed by atoms with Gasteiger partial charge in [-0.1, -0.05) is 11.6 Å². The Hall–Kier alpha value is -1.68. The van der Waals surface area contributed by atoms with E-state index < -0.39 is 5.97 Å². The molecule has 0 fully saturated rings. The van der Waals surface area contributed by atoms with Gasteiger partial charge in [0.2, 0.25) is 0 Å². The average molecular weight is 240 g/mol. The molecule has 1 aromatic carbocycles. The standard InChI is InChI=1S/C11H10ClNO3/c1-5-8(11(15)16)9-6(13(5)2)3-4-7(14)10(9)12/h3-4,14H,1-2H3,(H,15,16). The van der Waals surface area contributed by atoms with Crippen molar-refractivity contribution < 1.29 is 15.0 Å². The molecule has 2 aromatic rings. The maximum Gasteiger partial charge on any atom is 0.338 e. The quantitative estimate of drug-likeness (QED) is 0.804. The summed E-state index contributed by atoms with van der Waals surface area (Å²) in [5.41, 5.74) is 1.44. The van der Waals surface area contributed by atoms with E-state index in [2.05, 4.69) is 0 Å². The van der Waals surface area contributed by atoms with Crippen molar-refractivity contribution in [1.82, 2.24) is 4.57 Å². The fourth-order valence-electron chi connectivity index (χ4n) is 1.86. The Bertz CT molecular complexity index is 601. The third-order valence-corrected chi connectivity index (χ3v) is 3.17. The predicted octanol–water partition coefficient (Wildman–Crippen LogP) is 2.54. The smallest absolute Gasteiger partial charge is 0.338 e. The highest BCUT2D eigenvalue weighted by Gasteiger charge is 2.21. The van der Waals surface area contributed by atoms with Gasteiger partial charge in [0.1, 0.15) is 5.75 Å². The zero-order valence-electron chi connectivity index (χ0n) is 8.78. The molecule has 0 aliphatic heterocycles. The highest BCUT2D eigenvalue weighted by molar-refractivity contribution is 6.38. The molecular formula is C11H10ClNO3. The SMILES string of the molecule is Cc1c(C(=O)O)c2c(Cl)c(O)ccc2n1C. The second-order valence-corrected chi connectivity index (χ2v) is 4.00. The number of carboxylic acids is 1. The summed E-state index contributed by atoms with van der Waals surface area (Å²) >= 11 is 5.93. The van der Waals surface area contributed by atoms with Crippen LogP contribution in [-0.4, -0.2) is 20.7 Å². The third kappa shape index (κ3) is 1.27. The van der Waals surface area contributed by atoms with Gasteiger partial charge in [0.15, 0.2) is 0 Å². The van der Waals surface area contributed by atoms with Crippen molar-refractivity contribution in [2.45, 2.75) is 6.92 Å². The summed E-state index contributed by atoms with van der Waals surface area (Å²) in [5.74, 6) is -1.15. The van der Waals surface area contributed by atoms with Crippen LogP contribution in [0.1, 0.15) is 16.1 Å². The Morgan fingerprint density at radius 3 is 2.62 bits per heavy atom. The summed E-state index contributed by atoms with van der Waals surface area (Å²) < 4.78 is 1.74. The average Bonchev–Trinajstić information content (AvgIpc) is 2.47. The number of rotatable bonds is 1. The lowest BCUT2D eigenvalue weighted by Gasteiger charge is -2.00. The van der Waals surface area contributed by atoms with Crippen LogP contribution in [0, 0.1) is 6.92 Å². The van der Waals surface area contributed by atoms with Crippen molar-refractivity contribution in [2.75, 3.05) is 0 Å². The van der Waals surface area contributed by atoms with Gasteiger partial charge in [-0.05, 0) is 19.1 Å². The van der Waals surface area contributed by atoms with Gasteiger partial charge in [-0.15, -0.1) is 0 Å². The summed E-state index contributed by atoms with van der Waals surface area (Å²) in [6.07, 6.45) is 0. The van der Waals surface area contributed by atoms with E-state index >= 15 is 0 Å². The molecule has 0 aliphatic carbocycles. The van der Waals surface area contributed by atoms with Crippen LogP contribution in [0.4, 0.5) is 0 Å². The highest BCUT2D eigenvalue weighted by atomic mass is 35.5. The Kier molecular flexibility index (Phi) is 2.31. The van der Waals surface area contributed by atoms with Crippen LogP contribution >= 0.6 is 11.6 Å². The largest absolute Gasteiger partial charge is 0.506 e. The molecule has 2 rings (SSSR count). The van der Waals surface area contributed by atoms with Crippen molar-refractivity contribution in [3.8, 4) is 5.75 Å². The molecule has 0 atom stereocenters. The van der Waals surface area contributed by atoms with E-state index in [1.807, 2.05) is 0 Å². The molecule has 0 saturated heterocycles. The van der Waals surface area contributed by atoms with E-state index in [9.17, 15) is 9.90 Å². The molecule has 16 heavy (non-hydrogen) atoms. The van der Waals surface area contributed by atoms with E-state index in [1.54, 1.807) is 24.6 Å². The zero-order chi connectivity index (χ0) is 12.0. The maximum atomic E-state index is 11.2. The van der Waals surface area contributed by atoms with Crippen LogP contribution in [0.15, 0.2) is 12.1 Å². The van der Waals surface area contributed by atoms with Gasteiger partial charge in [0.05, 0.1) is 16.1 Å². The minimum atomic E-state index is -1.05. The Morgan fingerprint density at radius 1 is 1.44 bits per heavy atom. The van der Waals surface area contributed by atoms with Gasteiger partial charge in [0.25, 0.3) is 0 Å². The van der Waals surface area contributed by atoms with Crippen molar-refractivity contribution in [3.63, 3.8) is 0 Å². The molecule has 4 nitrogen and oxygen atoms in total. The summed E-state index contributed by atoms with van der Waals surface area (Å²) in [7, 11) is 1.76. The maximum absolute atomic E-state index is 11.2. The van der Waals surface area contributed by atoms with E-state index in [0.29, 0.717) is 16.6 Å². The van der Waals surface area contributed by atoms with Crippen LogP contribution < -0.4 is 0 Å². The van der Waals surface area contributed by atoms with Crippen molar-refractivity contribution in [3.05, 3.63) is 28.4 Å². The van der Waals surface area contributed by atoms with Gasteiger partial charge < -0.3 is 14.8 Å². The van der Waals surface area contributed by atoms with E-state index in [1.165, 1.54) is 6.07 Å². The van der Waals surface area contributed by atoms with E-state index in [-0.39, 0.29) is 16.3 Å². The van der Waals surface area contributed by atoms with Crippen molar-refractivity contribution in [1.29, 1.82) is 0 Å². The van der Waals surface area contributed by atoms with Gasteiger partial charge in [-0.3, -0.25) is 0 Å². The van der Waals surface area contributed by atoms with E-state index in [0.717, 1.165) is 0 Å². The molecule has 5 heteroatoms. The fourth-order valence-corrected chi connectivity index (χ4v) is 2.12. The minimum Gasteiger partial charge on any atom is -0.506 e. The number of hydrogen-bond donors (Lipinski definition) is 2. The van der Waals surface area contributed by atoms with Crippen LogP contribution in [0.25, 0.3) is 10.9 Å². The second-order valence-electron chi connectivity index (χ2n) is 3.62. The van der Waals surface area contributed by atoms with Crippen molar-refractivity contribution in [2.24, 2.45) is 7.05 Å². The van der Waals surface area contributed by atoms with Crippen LogP contribution in [-0.2, 0) is 7.05 Å². The first-order valence-corrected chi connectivity index (χ1v) is 5.02. The number of aryl methyl sites for hydroxylation is 1. The van der Waals surface area contributed by atoms with Crippen LogP contribution in [0.5, 0.6) is 5.75 Å². The number of aromatic nitrogens is 1. The number of phenolic OH excluding ortho intramolecular Hbond substituents is 1. The number of aromatic hydroxyl groups is 1. The molecule has 0 saturated carbocycles. The number of halogens is 1. The molecule has 84 valence electrons. The summed E-state index contributed by atoms with van der Waals surface area (Å²) in [6, 6.07) is 3.10. The predicted molar refractivity (Wildman–Crippen MR) is 61.3 cm³/mol. The van der Waals surface area contributed by atoms with Crippen LogP contribution in [0.2, 0.25) is 5.02 Å². The lowest BCUT2D eigenvalue weighted by molar-refractivity contribution is 0.0698. The molecule has 0 unspecified atom stereocenters. The monoisotopic (exact) mass is 239 g/mol. The normalized spacial score (nSPS) is 10.9. The zero-order valence-corrected chi connectivity index (χ0v) is 9.54. The number of carbonyl (C=O) groups is 1. The fraction of sp³-hybridized carbons (Fsp3) is 0.182. The highest BCUT2D eigenvalue weighted by Crippen LogP contribution is 2.36. The number of aromatic carboxylic acids is 1. The molecule has 1 heterocycles. The number of carboxylic acid groups (broad SMARTS) is 1. The molecule has 1 aromatic heterocycles. The lowest BCUT2D eigenvalue weighted by Crippen LogP contribution is -1.99. The van der Waals surface area contributed by atoms with Gasteiger partial charge in [0, 0.05) is 18.1 Å². The lowest BCUT2D eigenvalue weighted by atomic mass is 10.1. The first kappa shape index (κ1) is 10.8. The van der Waals surface area contributed by atoms with Crippen LogP contribution in [0.3, 0.4) is 0 Å². The molecule has 0 bridgehead atoms. The summed E-state index contributed by atoms with van der Waals surface area (Å²) in [6.45, 7) is 1.71. The third-order valence-electron chi connectivity index (χ3n) is 2.79. The number of fused-ring (bicyclic) bond motifs is 1. The Labute approximate surface area is 96.7 Å². The molecular weight excluding hydrogens is 230 g/mol. The minimum absolute atomic E-state index is 0.0820. The molecule has 0 amide bonds. The molecule has 0 aliphatic rings. The van der Waals surface area contributed by atoms with Crippen molar-refractivity contribution >= 4 is 28.5 Å². The number of hydrogen-bond acceptors (Lipinski definition) is 2. The Balaban J connectivity index is 3.04. The topological polar surface area (TPSA) is 62.5 Å². The molecule has 2 N–H and O–H groups in total. The van der Waals surface area contributed by atoms with Gasteiger partial charge in [-0.25, -0.2) is 4.79 Å². The molecule has 0 radical (unpaired) electrons.